The molecule has 0 spiro atoms. The normalized spacial score (nSPS) is 15.2. The molecule has 1 aliphatic heterocycles. The minimum Gasteiger partial charge on any atom is -0.464 e. The molecule has 1 amide bonds. The monoisotopic (exact) mass is 681 g/mol. The second-order valence-corrected chi connectivity index (χ2v) is 14.0. The molecule has 0 aliphatic carbocycles. The molecule has 1 saturated heterocycles. The Balaban J connectivity index is 1.25. The highest BCUT2D eigenvalue weighted by atomic mass is 35.5. The number of aryl methyl sites for hydroxylation is 1. The van der Waals surface area contributed by atoms with Crippen molar-refractivity contribution in [1.82, 2.24) is 29.4 Å². The molecule has 1 unspecified atom stereocenters. The van der Waals surface area contributed by atoms with Crippen LogP contribution < -0.4 is 15.5 Å². The van der Waals surface area contributed by atoms with Gasteiger partial charge in [0.05, 0.1) is 27.9 Å². The predicted octanol–water partition coefficient (Wildman–Crippen LogP) is 6.57. The number of benzene rings is 2. The number of para-hydroxylation sites is 1. The summed E-state index contributed by atoms with van der Waals surface area (Å²) in [6.07, 6.45) is 4.65. The van der Waals surface area contributed by atoms with Crippen molar-refractivity contribution in [2.45, 2.75) is 45.6 Å². The summed E-state index contributed by atoms with van der Waals surface area (Å²) < 4.78 is 1.33. The second kappa shape index (κ2) is 13.4. The van der Waals surface area contributed by atoms with Gasteiger partial charge in [0.25, 0.3) is 0 Å². The Labute approximate surface area is 289 Å². The van der Waals surface area contributed by atoms with Gasteiger partial charge in [-0.1, -0.05) is 56.6 Å². The molecule has 0 bridgehead atoms. The number of anilines is 3. The number of fused-ring (bicyclic) bond motifs is 2. The maximum absolute atomic E-state index is 12.5. The van der Waals surface area contributed by atoms with Gasteiger partial charge in [-0.15, -0.1) is 0 Å². The van der Waals surface area contributed by atoms with Crippen molar-refractivity contribution in [3.05, 3.63) is 77.4 Å². The molecule has 5 aromatic rings. The minimum absolute atomic E-state index is 0.00862. The maximum Gasteiger partial charge on any atom is 0.416 e. The molecule has 4 heterocycles. The van der Waals surface area contributed by atoms with Crippen LogP contribution >= 0.6 is 11.6 Å². The van der Waals surface area contributed by atoms with Gasteiger partial charge in [0.2, 0.25) is 11.9 Å². The van der Waals surface area contributed by atoms with E-state index in [9.17, 15) is 14.7 Å². The van der Waals surface area contributed by atoms with Crippen molar-refractivity contribution in [2.24, 2.45) is 0 Å². The van der Waals surface area contributed by atoms with Crippen LogP contribution in [0.15, 0.2) is 60.8 Å². The number of carbonyl (C=O) groups is 2. The highest BCUT2D eigenvalue weighted by molar-refractivity contribution is 6.33. The zero-order valence-corrected chi connectivity index (χ0v) is 29.2. The lowest BCUT2D eigenvalue weighted by Crippen LogP contribution is -2.27. The molecule has 13 heteroatoms. The summed E-state index contributed by atoms with van der Waals surface area (Å²) >= 11 is 6.74. The first-order valence-electron chi connectivity index (χ1n) is 16.1. The molecule has 0 saturated carbocycles. The Kier molecular flexibility index (Phi) is 9.28. The largest absolute Gasteiger partial charge is 0.464 e. The molecule has 12 nitrogen and oxygen atoms in total. The molecule has 1 aliphatic rings. The first-order valence-corrected chi connectivity index (χ1v) is 16.5. The van der Waals surface area contributed by atoms with Crippen LogP contribution in [-0.2, 0) is 10.2 Å². The summed E-state index contributed by atoms with van der Waals surface area (Å²) in [6.45, 7) is 9.87. The molecule has 1 fully saturated rings. The molecule has 49 heavy (non-hydrogen) atoms. The van der Waals surface area contributed by atoms with Gasteiger partial charge in [-0.3, -0.25) is 4.79 Å². The smallest absolute Gasteiger partial charge is 0.416 e. The van der Waals surface area contributed by atoms with E-state index in [0.29, 0.717) is 58.0 Å². The minimum atomic E-state index is -1.07. The number of carbonyl (C=O) groups excluding carboxylic acids is 1. The number of amides is 1. The Morgan fingerprint density at radius 2 is 1.88 bits per heavy atom. The fraction of sp³-hybridized carbons (Fsp3) is 0.333. The third kappa shape index (κ3) is 7.06. The number of nitrogens with one attached hydrogen (secondary N) is 2. The van der Waals surface area contributed by atoms with Crippen LogP contribution in [0.5, 0.6) is 0 Å². The highest BCUT2D eigenvalue weighted by Gasteiger charge is 2.32. The third-order valence-electron chi connectivity index (χ3n) is 8.37. The Hall–Kier alpha value is -5.07. The van der Waals surface area contributed by atoms with Gasteiger partial charge in [-0.05, 0) is 51.7 Å². The quantitative estimate of drug-likeness (QED) is 0.154. The van der Waals surface area contributed by atoms with Crippen LogP contribution in [0.2, 0.25) is 5.02 Å². The zero-order valence-electron chi connectivity index (χ0n) is 28.5. The van der Waals surface area contributed by atoms with E-state index in [-0.39, 0.29) is 11.9 Å². The van der Waals surface area contributed by atoms with E-state index in [1.165, 1.54) is 10.6 Å². The number of hydrogen-bond acceptors (Lipinski definition) is 9. The van der Waals surface area contributed by atoms with E-state index >= 15 is 0 Å². The second-order valence-electron chi connectivity index (χ2n) is 13.6. The number of rotatable bonds is 8. The Bertz CT molecular complexity index is 2100. The molecule has 3 N–H and O–H groups in total. The average Bonchev–Trinajstić information content (AvgIpc) is 3.64. The summed E-state index contributed by atoms with van der Waals surface area (Å²) in [7, 11) is 3.89. The van der Waals surface area contributed by atoms with Gasteiger partial charge in [0.15, 0.2) is 0 Å². The van der Waals surface area contributed by atoms with Crippen LogP contribution in [0.4, 0.5) is 22.2 Å². The lowest BCUT2D eigenvalue weighted by atomic mass is 9.87. The van der Waals surface area contributed by atoms with Crippen molar-refractivity contribution in [3.8, 4) is 11.3 Å². The SMILES string of the molecule is Cc1nc(N2CCC(Nc3ncc(Cl)c(-c4c(C(C)(C)C)n(C(=O)O)c5ccccc45)n3)C2)c2ccc(NC(=O)C=CCN(C)C)cc2n1. The van der Waals surface area contributed by atoms with Crippen molar-refractivity contribution >= 4 is 62.9 Å². The lowest BCUT2D eigenvalue weighted by Gasteiger charge is -2.23. The van der Waals surface area contributed by atoms with E-state index in [1.54, 1.807) is 12.3 Å². The van der Waals surface area contributed by atoms with Gasteiger partial charge in [-0.25, -0.2) is 29.3 Å². The number of nitrogens with zero attached hydrogens (tertiary/aromatic N) is 7. The number of carboxylic acid groups (broad SMARTS) is 1. The van der Waals surface area contributed by atoms with E-state index in [4.69, 9.17) is 21.6 Å². The Morgan fingerprint density at radius 1 is 1.10 bits per heavy atom. The van der Waals surface area contributed by atoms with E-state index in [1.807, 2.05) is 89.2 Å². The van der Waals surface area contributed by atoms with Crippen LogP contribution in [0.1, 0.15) is 38.7 Å². The molecule has 3 aromatic heterocycles. The Morgan fingerprint density at radius 3 is 2.61 bits per heavy atom. The molecule has 254 valence electrons. The van der Waals surface area contributed by atoms with Crippen LogP contribution in [0.25, 0.3) is 33.1 Å². The average molecular weight is 682 g/mol. The van der Waals surface area contributed by atoms with E-state index in [2.05, 4.69) is 25.5 Å². The molecule has 2 aromatic carbocycles. The third-order valence-corrected chi connectivity index (χ3v) is 8.65. The molecule has 6 rings (SSSR count). The number of likely N-dealkylation sites (N-methyl/N-ethyl adjacent to an activating group) is 1. The van der Waals surface area contributed by atoms with Crippen LogP contribution in [0, 0.1) is 6.92 Å². The standard InChI is InChI=1S/C36H40ClN9O3/c1-21-39-27-18-22(41-29(47)12-9-16-44(5)6)13-14-24(27)33(40-21)45-17-15-23(20-45)42-34-38-19-26(37)31(43-34)30-25-10-7-8-11-28(25)46(35(48)49)32(30)36(2,3)4/h7-14,18-19,23H,15-17,20H2,1-6H3,(H,41,47)(H,48,49)(H,38,42,43). The van der Waals surface area contributed by atoms with Crippen molar-refractivity contribution < 1.29 is 14.7 Å². The zero-order chi connectivity index (χ0) is 35.0. The number of halogens is 1. The van der Waals surface area contributed by atoms with Gasteiger partial charge >= 0.3 is 6.09 Å². The van der Waals surface area contributed by atoms with E-state index in [0.717, 1.165) is 35.1 Å². The van der Waals surface area contributed by atoms with Crippen molar-refractivity contribution in [3.63, 3.8) is 0 Å². The van der Waals surface area contributed by atoms with Crippen molar-refractivity contribution in [2.75, 3.05) is 49.3 Å². The van der Waals surface area contributed by atoms with Gasteiger partial charge in [0.1, 0.15) is 11.6 Å². The van der Waals surface area contributed by atoms with E-state index < -0.39 is 11.5 Å². The topological polar surface area (TPSA) is 141 Å². The molecule has 0 radical (unpaired) electrons. The molecular weight excluding hydrogens is 642 g/mol. The van der Waals surface area contributed by atoms with Crippen molar-refractivity contribution in [1.29, 1.82) is 0 Å². The summed E-state index contributed by atoms with van der Waals surface area (Å²) in [4.78, 5) is 48.0. The summed E-state index contributed by atoms with van der Waals surface area (Å²) in [6, 6.07) is 13.1. The van der Waals surface area contributed by atoms with Crippen LogP contribution in [-0.4, -0.2) is 86.3 Å². The fourth-order valence-electron chi connectivity index (χ4n) is 6.35. The number of aromatic nitrogens is 5. The van der Waals surface area contributed by atoms with Gasteiger partial charge in [0, 0.05) is 64.9 Å². The molecular formula is C36H40ClN9O3. The summed E-state index contributed by atoms with van der Waals surface area (Å²) in [5.74, 6) is 1.66. The molecule has 1 atom stereocenters. The first kappa shape index (κ1) is 33.8. The first-order chi connectivity index (χ1) is 23.3. The van der Waals surface area contributed by atoms with Gasteiger partial charge < -0.3 is 25.5 Å². The fourth-order valence-corrected chi connectivity index (χ4v) is 6.54. The maximum atomic E-state index is 12.5. The summed E-state index contributed by atoms with van der Waals surface area (Å²) in [5.41, 5.74) is 3.21. The van der Waals surface area contributed by atoms with Gasteiger partial charge in [-0.2, -0.15) is 0 Å². The lowest BCUT2D eigenvalue weighted by molar-refractivity contribution is -0.111. The highest BCUT2D eigenvalue weighted by Crippen LogP contribution is 2.42. The predicted molar refractivity (Wildman–Crippen MR) is 195 cm³/mol. The summed E-state index contributed by atoms with van der Waals surface area (Å²) in [5, 5.41) is 18.6. The van der Waals surface area contributed by atoms with Crippen LogP contribution in [0.3, 0.4) is 0 Å². The number of hydrogen-bond donors (Lipinski definition) is 3.